The molecule has 2 rings (SSSR count). The number of rotatable bonds is 2. The summed E-state index contributed by atoms with van der Waals surface area (Å²) < 4.78 is 10.4. The van der Waals surface area contributed by atoms with Crippen molar-refractivity contribution in [2.45, 2.75) is 6.42 Å². The summed E-state index contributed by atoms with van der Waals surface area (Å²) in [6.07, 6.45) is 2.83. The maximum absolute atomic E-state index is 9.75. The minimum Gasteiger partial charge on any atom is -0.507 e. The molecular formula is C12H14O3. The Kier molecular flexibility index (Phi) is 2.92. The summed E-state index contributed by atoms with van der Waals surface area (Å²) >= 11 is 0. The van der Waals surface area contributed by atoms with Crippen molar-refractivity contribution in [1.29, 1.82) is 0 Å². The summed E-state index contributed by atoms with van der Waals surface area (Å²) in [5, 5.41) is 9.75. The number of hydrogen-bond donors (Lipinski definition) is 1. The molecule has 0 atom stereocenters. The van der Waals surface area contributed by atoms with Gasteiger partial charge in [0.15, 0.2) is 0 Å². The molecule has 1 N–H and O–H groups in total. The van der Waals surface area contributed by atoms with Gasteiger partial charge in [-0.25, -0.2) is 0 Å². The molecule has 3 nitrogen and oxygen atoms in total. The van der Waals surface area contributed by atoms with Crippen molar-refractivity contribution in [3.8, 4) is 11.5 Å². The second-order valence-corrected chi connectivity index (χ2v) is 3.44. The SMILES string of the molecule is COc1ccc(O)c(C2=CCOCC2)c1. The quantitative estimate of drug-likeness (QED) is 0.806. The van der Waals surface area contributed by atoms with Crippen LogP contribution in [-0.2, 0) is 4.74 Å². The fraction of sp³-hybridized carbons (Fsp3) is 0.333. The summed E-state index contributed by atoms with van der Waals surface area (Å²) in [5.74, 6) is 1.05. The molecule has 1 aromatic carbocycles. The van der Waals surface area contributed by atoms with E-state index in [1.165, 1.54) is 0 Å². The van der Waals surface area contributed by atoms with Crippen molar-refractivity contribution < 1.29 is 14.6 Å². The van der Waals surface area contributed by atoms with E-state index in [0.717, 1.165) is 23.3 Å². The third kappa shape index (κ3) is 2.13. The highest BCUT2D eigenvalue weighted by Crippen LogP contribution is 2.31. The lowest BCUT2D eigenvalue weighted by Gasteiger charge is -2.15. The topological polar surface area (TPSA) is 38.7 Å². The highest BCUT2D eigenvalue weighted by molar-refractivity contribution is 5.72. The second kappa shape index (κ2) is 4.36. The van der Waals surface area contributed by atoms with Crippen LogP contribution in [0.3, 0.4) is 0 Å². The number of phenolic OH excluding ortho intramolecular Hbond substituents is 1. The predicted octanol–water partition coefficient (Wildman–Crippen LogP) is 2.20. The van der Waals surface area contributed by atoms with Crippen LogP contribution < -0.4 is 4.74 Å². The van der Waals surface area contributed by atoms with Gasteiger partial charge in [-0.2, -0.15) is 0 Å². The lowest BCUT2D eigenvalue weighted by Crippen LogP contribution is -2.03. The van der Waals surface area contributed by atoms with Crippen molar-refractivity contribution in [3.05, 3.63) is 29.8 Å². The molecule has 1 aliphatic rings. The van der Waals surface area contributed by atoms with Gasteiger partial charge in [0.1, 0.15) is 11.5 Å². The molecule has 1 heterocycles. The molecule has 0 bridgehead atoms. The molecular weight excluding hydrogens is 192 g/mol. The normalized spacial score (nSPS) is 15.9. The minimum absolute atomic E-state index is 0.295. The van der Waals surface area contributed by atoms with Gasteiger partial charge in [0.25, 0.3) is 0 Å². The van der Waals surface area contributed by atoms with E-state index in [1.807, 2.05) is 12.1 Å². The third-order valence-corrected chi connectivity index (χ3v) is 2.51. The smallest absolute Gasteiger partial charge is 0.123 e. The monoisotopic (exact) mass is 206 g/mol. The van der Waals surface area contributed by atoms with Gasteiger partial charge in [-0.05, 0) is 30.2 Å². The summed E-state index contributed by atoms with van der Waals surface area (Å²) in [6, 6.07) is 5.26. The van der Waals surface area contributed by atoms with Crippen LogP contribution in [0, 0.1) is 0 Å². The van der Waals surface area contributed by atoms with Crippen LogP contribution in [0.5, 0.6) is 11.5 Å². The van der Waals surface area contributed by atoms with Gasteiger partial charge < -0.3 is 14.6 Å². The summed E-state index contributed by atoms with van der Waals surface area (Å²) in [4.78, 5) is 0. The van der Waals surface area contributed by atoms with Gasteiger partial charge >= 0.3 is 0 Å². The fourth-order valence-corrected chi connectivity index (χ4v) is 1.67. The summed E-state index contributed by atoms with van der Waals surface area (Å²) in [7, 11) is 1.62. The Morgan fingerprint density at radius 1 is 1.40 bits per heavy atom. The first kappa shape index (κ1) is 10.1. The molecule has 80 valence electrons. The first-order valence-corrected chi connectivity index (χ1v) is 4.95. The number of aromatic hydroxyl groups is 1. The fourth-order valence-electron chi connectivity index (χ4n) is 1.67. The van der Waals surface area contributed by atoms with Crippen LogP contribution in [0.25, 0.3) is 5.57 Å². The molecule has 0 saturated carbocycles. The largest absolute Gasteiger partial charge is 0.507 e. The van der Waals surface area contributed by atoms with Gasteiger partial charge in [-0.1, -0.05) is 6.08 Å². The van der Waals surface area contributed by atoms with Gasteiger partial charge in [0, 0.05) is 5.56 Å². The number of methoxy groups -OCH3 is 1. The van der Waals surface area contributed by atoms with Gasteiger partial charge in [-0.15, -0.1) is 0 Å². The van der Waals surface area contributed by atoms with Gasteiger partial charge in [0.2, 0.25) is 0 Å². The molecule has 0 amide bonds. The van der Waals surface area contributed by atoms with Crippen LogP contribution in [0.4, 0.5) is 0 Å². The van der Waals surface area contributed by atoms with Crippen molar-refractivity contribution in [3.63, 3.8) is 0 Å². The molecule has 1 aromatic rings. The first-order chi connectivity index (χ1) is 7.31. The van der Waals surface area contributed by atoms with Crippen molar-refractivity contribution >= 4 is 5.57 Å². The van der Waals surface area contributed by atoms with Crippen molar-refractivity contribution in [2.75, 3.05) is 20.3 Å². The predicted molar refractivity (Wildman–Crippen MR) is 58.1 cm³/mol. The van der Waals surface area contributed by atoms with Crippen LogP contribution in [0.1, 0.15) is 12.0 Å². The molecule has 15 heavy (non-hydrogen) atoms. The molecule has 0 radical (unpaired) electrons. The Morgan fingerprint density at radius 2 is 2.27 bits per heavy atom. The first-order valence-electron chi connectivity index (χ1n) is 4.95. The van der Waals surface area contributed by atoms with Crippen molar-refractivity contribution in [1.82, 2.24) is 0 Å². The van der Waals surface area contributed by atoms with Gasteiger partial charge in [0.05, 0.1) is 20.3 Å². The number of benzene rings is 1. The molecule has 0 fully saturated rings. The zero-order valence-corrected chi connectivity index (χ0v) is 8.69. The van der Waals surface area contributed by atoms with Crippen molar-refractivity contribution in [2.24, 2.45) is 0 Å². The molecule has 0 spiro atoms. The molecule has 0 saturated heterocycles. The Morgan fingerprint density at radius 3 is 2.93 bits per heavy atom. The molecule has 0 aliphatic carbocycles. The van der Waals surface area contributed by atoms with E-state index in [9.17, 15) is 5.11 Å². The number of phenols is 1. The van der Waals surface area contributed by atoms with Crippen LogP contribution >= 0.6 is 0 Å². The standard InChI is InChI=1S/C12H14O3/c1-14-10-2-3-12(13)11(8-10)9-4-6-15-7-5-9/h2-4,8,13H,5-7H2,1H3. The lowest BCUT2D eigenvalue weighted by molar-refractivity contribution is 0.161. The minimum atomic E-state index is 0.295. The molecule has 3 heteroatoms. The maximum atomic E-state index is 9.75. The van der Waals surface area contributed by atoms with E-state index in [0.29, 0.717) is 19.0 Å². The zero-order valence-electron chi connectivity index (χ0n) is 8.69. The van der Waals surface area contributed by atoms with E-state index in [1.54, 1.807) is 19.2 Å². The Balaban J connectivity index is 2.37. The third-order valence-electron chi connectivity index (χ3n) is 2.51. The lowest BCUT2D eigenvalue weighted by atomic mass is 10.0. The second-order valence-electron chi connectivity index (χ2n) is 3.44. The summed E-state index contributed by atoms with van der Waals surface area (Å²) in [6.45, 7) is 1.33. The number of ether oxygens (including phenoxy) is 2. The van der Waals surface area contributed by atoms with Crippen LogP contribution in [-0.4, -0.2) is 25.4 Å². The average Bonchev–Trinajstić information content (AvgIpc) is 2.31. The highest BCUT2D eigenvalue weighted by Gasteiger charge is 2.11. The summed E-state index contributed by atoms with van der Waals surface area (Å²) in [5.41, 5.74) is 1.97. The maximum Gasteiger partial charge on any atom is 0.123 e. The zero-order chi connectivity index (χ0) is 10.7. The Bertz CT molecular complexity index is 382. The van der Waals surface area contributed by atoms with E-state index in [-0.39, 0.29) is 0 Å². The Labute approximate surface area is 88.9 Å². The van der Waals surface area contributed by atoms with Crippen LogP contribution in [0.2, 0.25) is 0 Å². The Hall–Kier alpha value is -1.48. The molecule has 0 aromatic heterocycles. The number of hydrogen-bond acceptors (Lipinski definition) is 3. The van der Waals surface area contributed by atoms with E-state index in [2.05, 4.69) is 0 Å². The van der Waals surface area contributed by atoms with E-state index < -0.39 is 0 Å². The van der Waals surface area contributed by atoms with E-state index in [4.69, 9.17) is 9.47 Å². The molecule has 0 unspecified atom stereocenters. The molecule has 1 aliphatic heterocycles. The van der Waals surface area contributed by atoms with Gasteiger partial charge in [-0.3, -0.25) is 0 Å². The average molecular weight is 206 g/mol. The van der Waals surface area contributed by atoms with Crippen LogP contribution in [0.15, 0.2) is 24.3 Å². The van der Waals surface area contributed by atoms with E-state index >= 15 is 0 Å². The highest BCUT2D eigenvalue weighted by atomic mass is 16.5.